The topological polar surface area (TPSA) is 102 Å². The second-order valence-electron chi connectivity index (χ2n) is 4.74. The minimum absolute atomic E-state index is 0. The van der Waals surface area contributed by atoms with Gasteiger partial charge >= 0.3 is 0 Å². The smallest absolute Gasteiger partial charge is 0.263 e. The molecule has 3 N–H and O–H groups in total. The highest BCUT2D eigenvalue weighted by molar-refractivity contribution is 7.89. The molecule has 1 amide bonds. The number of carbonyl (C=O) groups is 1. The Kier molecular flexibility index (Phi) is 7.23. The van der Waals surface area contributed by atoms with Crippen molar-refractivity contribution < 1.29 is 17.9 Å². The van der Waals surface area contributed by atoms with Gasteiger partial charge in [-0.1, -0.05) is 0 Å². The lowest BCUT2D eigenvalue weighted by Crippen LogP contribution is -2.42. The van der Waals surface area contributed by atoms with E-state index in [9.17, 15) is 13.2 Å². The summed E-state index contributed by atoms with van der Waals surface area (Å²) in [6, 6.07) is 1.26. The SMILES string of the molecule is C[C@@H](CN)NC(=O)c1sccc1S(=O)(=O)N1CCOCC1.Cl. The fourth-order valence-corrected chi connectivity index (χ4v) is 4.65. The van der Waals surface area contributed by atoms with Crippen LogP contribution in [0.3, 0.4) is 0 Å². The van der Waals surface area contributed by atoms with Gasteiger partial charge in [0.25, 0.3) is 5.91 Å². The number of nitrogens with zero attached hydrogens (tertiary/aromatic N) is 1. The van der Waals surface area contributed by atoms with E-state index in [0.717, 1.165) is 11.3 Å². The zero-order chi connectivity index (χ0) is 15.5. The number of thiophene rings is 1. The highest BCUT2D eigenvalue weighted by Gasteiger charge is 2.31. The van der Waals surface area contributed by atoms with Crippen LogP contribution in [0.4, 0.5) is 0 Å². The van der Waals surface area contributed by atoms with Crippen molar-refractivity contribution in [2.75, 3.05) is 32.8 Å². The molecule has 1 aromatic rings. The summed E-state index contributed by atoms with van der Waals surface area (Å²) in [5.41, 5.74) is 5.46. The van der Waals surface area contributed by atoms with Gasteiger partial charge in [-0.05, 0) is 18.4 Å². The molecule has 2 rings (SSSR count). The fourth-order valence-electron chi connectivity index (χ4n) is 1.94. The molecule has 2 heterocycles. The van der Waals surface area contributed by atoms with Crippen molar-refractivity contribution in [3.05, 3.63) is 16.3 Å². The van der Waals surface area contributed by atoms with Gasteiger partial charge in [0.2, 0.25) is 10.0 Å². The van der Waals surface area contributed by atoms with Gasteiger partial charge in [0.1, 0.15) is 9.77 Å². The van der Waals surface area contributed by atoms with Crippen LogP contribution < -0.4 is 11.1 Å². The molecular formula is C12H20ClN3O4S2. The van der Waals surface area contributed by atoms with E-state index in [2.05, 4.69) is 5.32 Å². The van der Waals surface area contributed by atoms with E-state index >= 15 is 0 Å². The van der Waals surface area contributed by atoms with Crippen LogP contribution in [0.25, 0.3) is 0 Å². The molecule has 0 aliphatic carbocycles. The molecule has 0 saturated carbocycles. The number of nitrogens with two attached hydrogens (primary N) is 1. The summed E-state index contributed by atoms with van der Waals surface area (Å²) in [6.07, 6.45) is 0. The fraction of sp³-hybridized carbons (Fsp3) is 0.583. The molecule has 10 heteroatoms. The van der Waals surface area contributed by atoms with Gasteiger partial charge in [0.15, 0.2) is 0 Å². The van der Waals surface area contributed by atoms with Crippen LogP contribution >= 0.6 is 23.7 Å². The molecule has 1 aliphatic heterocycles. The Hall–Kier alpha value is -0.710. The lowest BCUT2D eigenvalue weighted by Gasteiger charge is -2.26. The van der Waals surface area contributed by atoms with Crippen LogP contribution in [0.2, 0.25) is 0 Å². The number of nitrogens with one attached hydrogen (secondary N) is 1. The maximum atomic E-state index is 12.6. The van der Waals surface area contributed by atoms with Crippen LogP contribution in [0.1, 0.15) is 16.6 Å². The number of hydrogen-bond donors (Lipinski definition) is 2. The van der Waals surface area contributed by atoms with Crippen molar-refractivity contribution in [3.8, 4) is 0 Å². The molecule has 0 unspecified atom stereocenters. The number of carbonyl (C=O) groups excluding carboxylic acids is 1. The van der Waals surface area contributed by atoms with Gasteiger partial charge in [-0.3, -0.25) is 4.79 Å². The molecule has 0 spiro atoms. The number of hydrogen-bond acceptors (Lipinski definition) is 6. The predicted octanol–water partition coefficient (Wildman–Crippen LogP) is 0.268. The molecule has 1 aliphatic rings. The Morgan fingerprint density at radius 1 is 1.50 bits per heavy atom. The number of ether oxygens (including phenoxy) is 1. The zero-order valence-corrected chi connectivity index (χ0v) is 14.6. The molecule has 22 heavy (non-hydrogen) atoms. The summed E-state index contributed by atoms with van der Waals surface area (Å²) in [5, 5.41) is 4.29. The molecule has 0 radical (unpaired) electrons. The standard InChI is InChI=1S/C12H19N3O4S2.ClH/c1-9(8-13)14-12(16)11-10(2-7-20-11)21(17,18)15-3-5-19-6-4-15;/h2,7,9H,3-6,8,13H2,1H3,(H,14,16);1H/t9-;/m0./s1. The normalized spacial score (nSPS) is 17.5. The van der Waals surface area contributed by atoms with E-state index in [-0.39, 0.29) is 28.2 Å². The summed E-state index contributed by atoms with van der Waals surface area (Å²) in [6.45, 7) is 3.41. The number of amides is 1. The van der Waals surface area contributed by atoms with Gasteiger partial charge in [-0.25, -0.2) is 8.42 Å². The van der Waals surface area contributed by atoms with Crippen molar-refractivity contribution >= 4 is 39.7 Å². The second kappa shape index (κ2) is 8.23. The summed E-state index contributed by atoms with van der Waals surface area (Å²) >= 11 is 1.11. The Morgan fingerprint density at radius 3 is 2.73 bits per heavy atom. The van der Waals surface area contributed by atoms with Crippen LogP contribution in [0.15, 0.2) is 16.3 Å². The van der Waals surface area contributed by atoms with Crippen molar-refractivity contribution in [3.63, 3.8) is 0 Å². The van der Waals surface area contributed by atoms with E-state index in [1.807, 2.05) is 0 Å². The average Bonchev–Trinajstić information content (AvgIpc) is 2.98. The van der Waals surface area contributed by atoms with Crippen molar-refractivity contribution in [1.82, 2.24) is 9.62 Å². The minimum Gasteiger partial charge on any atom is -0.379 e. The first-order chi connectivity index (χ1) is 9.96. The van der Waals surface area contributed by atoms with Gasteiger partial charge in [0.05, 0.1) is 13.2 Å². The number of morpholine rings is 1. The zero-order valence-electron chi connectivity index (χ0n) is 12.1. The first-order valence-electron chi connectivity index (χ1n) is 6.63. The lowest BCUT2D eigenvalue weighted by atomic mass is 10.3. The van der Waals surface area contributed by atoms with Crippen LogP contribution in [0.5, 0.6) is 0 Å². The minimum atomic E-state index is -3.67. The average molecular weight is 370 g/mol. The lowest BCUT2D eigenvalue weighted by molar-refractivity contribution is 0.0730. The summed E-state index contributed by atoms with van der Waals surface area (Å²) in [4.78, 5) is 12.4. The number of sulfonamides is 1. The monoisotopic (exact) mass is 369 g/mol. The van der Waals surface area contributed by atoms with E-state index < -0.39 is 15.9 Å². The molecule has 0 bridgehead atoms. The van der Waals surface area contributed by atoms with Crippen LogP contribution in [0, 0.1) is 0 Å². The maximum absolute atomic E-state index is 12.6. The highest BCUT2D eigenvalue weighted by Crippen LogP contribution is 2.25. The quantitative estimate of drug-likeness (QED) is 0.775. The number of halogens is 1. The molecule has 1 fully saturated rings. The highest BCUT2D eigenvalue weighted by atomic mass is 35.5. The summed E-state index contributed by atoms with van der Waals surface area (Å²) < 4.78 is 31.7. The third-order valence-electron chi connectivity index (χ3n) is 3.15. The van der Waals surface area contributed by atoms with Gasteiger partial charge in [0, 0.05) is 25.7 Å². The maximum Gasteiger partial charge on any atom is 0.263 e. The van der Waals surface area contributed by atoms with E-state index in [4.69, 9.17) is 10.5 Å². The molecule has 1 aromatic heterocycles. The van der Waals surface area contributed by atoms with Crippen molar-refractivity contribution in [1.29, 1.82) is 0 Å². The largest absolute Gasteiger partial charge is 0.379 e. The molecule has 1 saturated heterocycles. The van der Waals surface area contributed by atoms with Gasteiger partial charge < -0.3 is 15.8 Å². The summed E-state index contributed by atoms with van der Waals surface area (Å²) in [7, 11) is -3.67. The molecular weight excluding hydrogens is 350 g/mol. The first kappa shape index (κ1) is 19.3. The Morgan fingerprint density at radius 2 is 2.14 bits per heavy atom. The molecule has 1 atom stereocenters. The Bertz CT molecular complexity index is 599. The first-order valence-corrected chi connectivity index (χ1v) is 8.95. The van der Waals surface area contributed by atoms with E-state index in [1.54, 1.807) is 12.3 Å². The Labute approximate surface area is 140 Å². The van der Waals surface area contributed by atoms with E-state index in [1.165, 1.54) is 10.4 Å². The van der Waals surface area contributed by atoms with Crippen LogP contribution in [-0.4, -0.2) is 57.5 Å². The third kappa shape index (κ3) is 4.18. The second-order valence-corrected chi connectivity index (χ2v) is 7.56. The Balaban J connectivity index is 0.00000242. The van der Waals surface area contributed by atoms with Crippen LogP contribution in [-0.2, 0) is 14.8 Å². The van der Waals surface area contributed by atoms with Gasteiger partial charge in [-0.2, -0.15) is 4.31 Å². The van der Waals surface area contributed by atoms with Gasteiger partial charge in [-0.15, -0.1) is 23.7 Å². The third-order valence-corrected chi connectivity index (χ3v) is 6.14. The molecule has 0 aromatic carbocycles. The molecule has 7 nitrogen and oxygen atoms in total. The summed E-state index contributed by atoms with van der Waals surface area (Å²) in [5.74, 6) is -0.408. The predicted molar refractivity (Wildman–Crippen MR) is 87.1 cm³/mol. The van der Waals surface area contributed by atoms with Crippen molar-refractivity contribution in [2.24, 2.45) is 5.73 Å². The van der Waals surface area contributed by atoms with Crippen molar-refractivity contribution in [2.45, 2.75) is 17.9 Å². The van der Waals surface area contributed by atoms with E-state index in [0.29, 0.717) is 32.8 Å². The molecule has 126 valence electrons. The number of rotatable bonds is 5.